The summed E-state index contributed by atoms with van der Waals surface area (Å²) in [6.45, 7) is 1.45. The zero-order valence-electron chi connectivity index (χ0n) is 14.1. The Morgan fingerprint density at radius 3 is 2.62 bits per heavy atom. The number of anilines is 2. The fourth-order valence-electron chi connectivity index (χ4n) is 2.44. The number of thiazole rings is 1. The highest BCUT2D eigenvalue weighted by Crippen LogP contribution is 2.28. The van der Waals surface area contributed by atoms with E-state index in [0.717, 1.165) is 15.8 Å². The number of aromatic nitrogens is 1. The van der Waals surface area contributed by atoms with Crippen molar-refractivity contribution in [2.24, 2.45) is 0 Å². The van der Waals surface area contributed by atoms with Crippen molar-refractivity contribution in [1.29, 1.82) is 5.26 Å². The Balaban J connectivity index is 1.61. The average molecular weight is 364 g/mol. The molecule has 0 atom stereocenters. The van der Waals surface area contributed by atoms with Gasteiger partial charge in [0.1, 0.15) is 0 Å². The first-order valence-electron chi connectivity index (χ1n) is 8.00. The number of nitriles is 1. The Kier molecular flexibility index (Phi) is 5.25. The summed E-state index contributed by atoms with van der Waals surface area (Å²) in [5.74, 6) is -0.249. The van der Waals surface area contributed by atoms with Gasteiger partial charge in [0.25, 0.3) is 0 Å². The summed E-state index contributed by atoms with van der Waals surface area (Å²) in [4.78, 5) is 27.7. The van der Waals surface area contributed by atoms with Gasteiger partial charge in [-0.2, -0.15) is 5.26 Å². The fraction of sp³-hybridized carbons (Fsp3) is 0.158. The molecular weight excluding hydrogens is 348 g/mol. The normalized spacial score (nSPS) is 10.3. The van der Waals surface area contributed by atoms with Gasteiger partial charge in [-0.15, -0.1) is 0 Å². The van der Waals surface area contributed by atoms with E-state index in [-0.39, 0.29) is 11.8 Å². The van der Waals surface area contributed by atoms with Crippen LogP contribution in [0, 0.1) is 11.3 Å². The first-order valence-corrected chi connectivity index (χ1v) is 8.82. The molecule has 0 bridgehead atoms. The predicted molar refractivity (Wildman–Crippen MR) is 102 cm³/mol. The van der Waals surface area contributed by atoms with Gasteiger partial charge in [-0.1, -0.05) is 23.5 Å². The van der Waals surface area contributed by atoms with E-state index in [9.17, 15) is 9.59 Å². The number of nitrogens with one attached hydrogen (secondary N) is 2. The molecule has 3 rings (SSSR count). The molecule has 1 aromatic heterocycles. The van der Waals surface area contributed by atoms with E-state index in [1.165, 1.54) is 18.3 Å². The lowest BCUT2D eigenvalue weighted by Gasteiger charge is -2.02. The second-order valence-corrected chi connectivity index (χ2v) is 6.77. The summed E-state index contributed by atoms with van der Waals surface area (Å²) < 4.78 is 0.888. The number of hydrogen-bond donors (Lipinski definition) is 2. The SMILES string of the molecule is CC(=O)Nc1ccc2nc(NC(=O)CCc3ccc(C#N)cc3)sc2c1. The number of nitrogens with zero attached hydrogens (tertiary/aromatic N) is 2. The highest BCUT2D eigenvalue weighted by molar-refractivity contribution is 7.22. The Morgan fingerprint density at radius 1 is 1.15 bits per heavy atom. The van der Waals surface area contributed by atoms with E-state index in [2.05, 4.69) is 21.7 Å². The van der Waals surface area contributed by atoms with Gasteiger partial charge in [0.05, 0.1) is 21.8 Å². The molecule has 0 spiro atoms. The van der Waals surface area contributed by atoms with Crippen LogP contribution in [-0.2, 0) is 16.0 Å². The first kappa shape index (κ1) is 17.6. The molecule has 2 N–H and O–H groups in total. The topological polar surface area (TPSA) is 94.9 Å². The Hall–Kier alpha value is -3.24. The maximum Gasteiger partial charge on any atom is 0.226 e. The number of benzene rings is 2. The Morgan fingerprint density at radius 2 is 1.92 bits per heavy atom. The van der Waals surface area contributed by atoms with Gasteiger partial charge in [-0.25, -0.2) is 4.98 Å². The van der Waals surface area contributed by atoms with Crippen LogP contribution >= 0.6 is 11.3 Å². The van der Waals surface area contributed by atoms with Crippen molar-refractivity contribution in [2.75, 3.05) is 10.6 Å². The average Bonchev–Trinajstić information content (AvgIpc) is 3.01. The van der Waals surface area contributed by atoms with Gasteiger partial charge < -0.3 is 10.6 Å². The fourth-order valence-corrected chi connectivity index (χ4v) is 3.37. The molecule has 7 heteroatoms. The number of rotatable bonds is 5. The summed E-state index contributed by atoms with van der Waals surface area (Å²) in [6, 6.07) is 14.7. The lowest BCUT2D eigenvalue weighted by molar-refractivity contribution is -0.116. The molecular formula is C19H16N4O2S. The number of hydrogen-bond acceptors (Lipinski definition) is 5. The second kappa shape index (κ2) is 7.76. The summed E-state index contributed by atoms with van der Waals surface area (Å²) in [5, 5.41) is 14.9. The van der Waals surface area contributed by atoms with Crippen molar-refractivity contribution in [3.63, 3.8) is 0 Å². The minimum atomic E-state index is -0.134. The molecule has 2 aromatic carbocycles. The number of amides is 2. The minimum Gasteiger partial charge on any atom is -0.326 e. The van der Waals surface area contributed by atoms with Gasteiger partial charge in [0.2, 0.25) is 11.8 Å². The summed E-state index contributed by atoms with van der Waals surface area (Å²) in [6.07, 6.45) is 0.925. The van der Waals surface area contributed by atoms with E-state index in [1.54, 1.807) is 18.2 Å². The number of fused-ring (bicyclic) bond motifs is 1. The number of carbonyl (C=O) groups is 2. The van der Waals surface area contributed by atoms with E-state index in [1.807, 2.05) is 24.3 Å². The van der Waals surface area contributed by atoms with Crippen molar-refractivity contribution >= 4 is 44.2 Å². The zero-order valence-corrected chi connectivity index (χ0v) is 14.9. The Bertz CT molecular complexity index is 1000. The summed E-state index contributed by atoms with van der Waals surface area (Å²) in [7, 11) is 0. The van der Waals surface area contributed by atoms with Gasteiger partial charge >= 0.3 is 0 Å². The third kappa shape index (κ3) is 4.43. The first-order chi connectivity index (χ1) is 12.5. The van der Waals surface area contributed by atoms with Gasteiger partial charge in [0, 0.05) is 19.0 Å². The molecule has 3 aromatic rings. The van der Waals surface area contributed by atoms with Crippen LogP contribution in [0.2, 0.25) is 0 Å². The van der Waals surface area contributed by atoms with Crippen LogP contribution in [0.1, 0.15) is 24.5 Å². The highest BCUT2D eigenvalue weighted by atomic mass is 32.1. The maximum absolute atomic E-state index is 12.1. The molecule has 130 valence electrons. The van der Waals surface area contributed by atoms with Crippen LogP contribution in [0.25, 0.3) is 10.2 Å². The smallest absolute Gasteiger partial charge is 0.226 e. The highest BCUT2D eigenvalue weighted by Gasteiger charge is 2.09. The third-order valence-electron chi connectivity index (χ3n) is 3.68. The molecule has 0 fully saturated rings. The van der Waals surface area contributed by atoms with E-state index >= 15 is 0 Å². The largest absolute Gasteiger partial charge is 0.326 e. The van der Waals surface area contributed by atoms with Crippen LogP contribution in [0.15, 0.2) is 42.5 Å². The van der Waals surface area contributed by atoms with E-state index in [0.29, 0.717) is 29.2 Å². The molecule has 0 unspecified atom stereocenters. The summed E-state index contributed by atoms with van der Waals surface area (Å²) in [5.41, 5.74) is 3.08. The number of carbonyl (C=O) groups excluding carboxylic acids is 2. The molecule has 0 aliphatic heterocycles. The van der Waals surface area contributed by atoms with E-state index in [4.69, 9.17) is 5.26 Å². The lowest BCUT2D eigenvalue weighted by atomic mass is 10.1. The number of aryl methyl sites for hydroxylation is 1. The molecule has 6 nitrogen and oxygen atoms in total. The van der Waals surface area contributed by atoms with Crippen molar-refractivity contribution in [1.82, 2.24) is 4.98 Å². The molecule has 26 heavy (non-hydrogen) atoms. The lowest BCUT2D eigenvalue weighted by Crippen LogP contribution is -2.12. The van der Waals surface area contributed by atoms with Gasteiger partial charge in [-0.05, 0) is 42.3 Å². The van der Waals surface area contributed by atoms with Gasteiger partial charge in [-0.3, -0.25) is 9.59 Å². The van der Waals surface area contributed by atoms with Crippen LogP contribution in [-0.4, -0.2) is 16.8 Å². The predicted octanol–water partition coefficient (Wildman–Crippen LogP) is 3.70. The quantitative estimate of drug-likeness (QED) is 0.722. The standard InChI is InChI=1S/C19H16N4O2S/c1-12(24)21-15-7-8-16-17(10-15)26-19(22-16)23-18(25)9-6-13-2-4-14(11-20)5-3-13/h2-5,7-8,10H,6,9H2,1H3,(H,21,24)(H,22,23,25). The Labute approximate surface area is 154 Å². The molecule has 2 amide bonds. The molecule has 1 heterocycles. The van der Waals surface area contributed by atoms with E-state index < -0.39 is 0 Å². The molecule has 0 aliphatic rings. The van der Waals surface area contributed by atoms with Crippen LogP contribution < -0.4 is 10.6 Å². The molecule has 0 saturated carbocycles. The molecule has 0 radical (unpaired) electrons. The van der Waals surface area contributed by atoms with Crippen molar-refractivity contribution in [2.45, 2.75) is 19.8 Å². The maximum atomic E-state index is 12.1. The zero-order chi connectivity index (χ0) is 18.5. The third-order valence-corrected chi connectivity index (χ3v) is 4.61. The monoisotopic (exact) mass is 364 g/mol. The van der Waals surface area contributed by atoms with Crippen LogP contribution in [0.4, 0.5) is 10.8 Å². The summed E-state index contributed by atoms with van der Waals surface area (Å²) >= 11 is 1.36. The van der Waals surface area contributed by atoms with Crippen LogP contribution in [0.5, 0.6) is 0 Å². The molecule has 0 aliphatic carbocycles. The van der Waals surface area contributed by atoms with Crippen LogP contribution in [0.3, 0.4) is 0 Å². The minimum absolute atomic E-state index is 0.115. The van der Waals surface area contributed by atoms with Crippen molar-refractivity contribution in [3.05, 3.63) is 53.6 Å². The molecule has 0 saturated heterocycles. The second-order valence-electron chi connectivity index (χ2n) is 5.74. The van der Waals surface area contributed by atoms with Crippen molar-refractivity contribution in [3.8, 4) is 6.07 Å². The van der Waals surface area contributed by atoms with Crippen molar-refractivity contribution < 1.29 is 9.59 Å². The van der Waals surface area contributed by atoms with Gasteiger partial charge in [0.15, 0.2) is 5.13 Å².